The number of fused-ring (bicyclic) bond motifs is 5. The molecule has 1 radical (unpaired) electrons. The highest BCUT2D eigenvalue weighted by Crippen LogP contribution is 2.68. The van der Waals surface area contributed by atoms with E-state index < -0.39 is 64.1 Å². The van der Waals surface area contributed by atoms with Crippen molar-refractivity contribution in [1.82, 2.24) is 0 Å². The van der Waals surface area contributed by atoms with Crippen molar-refractivity contribution < 1.29 is 66.7 Å². The first-order valence-corrected chi connectivity index (χ1v) is 18.1. The van der Waals surface area contributed by atoms with Crippen LogP contribution in [-0.2, 0) is 46.3 Å². The molecule has 4 aliphatic heterocycles. The van der Waals surface area contributed by atoms with Gasteiger partial charge < -0.3 is 32.1 Å². The number of ketones is 4. The summed E-state index contributed by atoms with van der Waals surface area (Å²) in [6, 6.07) is 0. The molecule has 14 nitrogen and oxygen atoms in total. The van der Waals surface area contributed by atoms with Gasteiger partial charge in [0.15, 0.2) is 24.0 Å². The molecule has 1 saturated heterocycles. The van der Waals surface area contributed by atoms with Crippen LogP contribution in [0.2, 0.25) is 0 Å². The average molecular weight is 754 g/mol. The van der Waals surface area contributed by atoms with Crippen LogP contribution in [0.1, 0.15) is 70.6 Å². The van der Waals surface area contributed by atoms with Crippen LogP contribution >= 0.6 is 0 Å². The molecule has 0 bridgehead atoms. The van der Waals surface area contributed by atoms with E-state index in [-0.39, 0.29) is 90.4 Å². The van der Waals surface area contributed by atoms with Gasteiger partial charge in [0.25, 0.3) is 11.5 Å². The van der Waals surface area contributed by atoms with Crippen LogP contribution < -0.4 is 20.4 Å². The molecule has 0 N–H and O–H groups in total. The van der Waals surface area contributed by atoms with Crippen LogP contribution in [0.25, 0.3) is 0 Å². The van der Waals surface area contributed by atoms with Gasteiger partial charge in [0.2, 0.25) is 5.78 Å². The molecular formula is C41H37O14. The van der Waals surface area contributed by atoms with Crippen LogP contribution in [-0.4, -0.2) is 53.2 Å². The highest BCUT2D eigenvalue weighted by Gasteiger charge is 2.70. The van der Waals surface area contributed by atoms with Gasteiger partial charge in [0.1, 0.15) is 6.42 Å². The number of rotatable bonds is 3. The molecule has 8 aliphatic rings. The highest BCUT2D eigenvalue weighted by molar-refractivity contribution is 6.46. The Morgan fingerprint density at radius 3 is 2.27 bits per heavy atom. The van der Waals surface area contributed by atoms with Gasteiger partial charge in [-0.25, -0.2) is 0 Å². The summed E-state index contributed by atoms with van der Waals surface area (Å²) in [6.45, 7) is 19.7. The minimum absolute atomic E-state index is 0.00272. The first-order valence-electron chi connectivity index (χ1n) is 18.1. The van der Waals surface area contributed by atoms with Gasteiger partial charge >= 0.3 is 46.7 Å². The van der Waals surface area contributed by atoms with Crippen LogP contribution in [0, 0.1) is 48.3 Å². The molecule has 55 heavy (non-hydrogen) atoms. The smallest absolute Gasteiger partial charge is 0.725 e. The largest absolute Gasteiger partial charge is 0.870 e. The minimum atomic E-state index is -1.62. The fourth-order valence-electron chi connectivity index (χ4n) is 9.74. The fourth-order valence-corrected chi connectivity index (χ4v) is 9.74. The van der Waals surface area contributed by atoms with Crippen molar-refractivity contribution in [2.75, 3.05) is 6.61 Å². The van der Waals surface area contributed by atoms with Crippen molar-refractivity contribution in [3.8, 4) is 0 Å². The zero-order valence-electron chi connectivity index (χ0n) is 30.0. The first kappa shape index (κ1) is 36.5. The molecule has 5 fully saturated rings. The molecule has 6 atom stereocenters. The summed E-state index contributed by atoms with van der Waals surface area (Å²) in [5.41, 5.74) is -0.503. The van der Waals surface area contributed by atoms with E-state index in [9.17, 15) is 34.8 Å². The summed E-state index contributed by atoms with van der Waals surface area (Å²) in [6.07, 6.45) is 2.32. The Balaban J connectivity index is 0.945. The number of hydrogen-bond donors (Lipinski definition) is 0. The lowest BCUT2D eigenvalue weighted by Crippen LogP contribution is -2.71. The maximum Gasteiger partial charge on any atom is 0.725 e. The predicted octanol–water partition coefficient (Wildman–Crippen LogP) is 0.0102. The summed E-state index contributed by atoms with van der Waals surface area (Å²) in [5.74, 6) is -5.23. The molecule has 14 heteroatoms. The summed E-state index contributed by atoms with van der Waals surface area (Å²) in [7, 11) is 0. The Labute approximate surface area is 315 Å². The minimum Gasteiger partial charge on any atom is -0.870 e. The second-order valence-electron chi connectivity index (χ2n) is 15.3. The lowest BCUT2D eigenvalue weighted by Gasteiger charge is -2.67. The third kappa shape index (κ3) is 5.72. The molecule has 0 unspecified atom stereocenters. The quantitative estimate of drug-likeness (QED) is 0.0716. The summed E-state index contributed by atoms with van der Waals surface area (Å²) >= 11 is 0. The number of carbonyl (C=O) groups excluding carboxylic acids is 7. The predicted molar refractivity (Wildman–Crippen MR) is 178 cm³/mol. The van der Waals surface area contributed by atoms with E-state index >= 15 is 0 Å². The maximum atomic E-state index is 14.9. The molecule has 285 valence electrons. The molecule has 0 aromatic heterocycles. The van der Waals surface area contributed by atoms with Gasteiger partial charge in [0.05, 0.1) is 31.6 Å². The normalized spacial score (nSPS) is 37.7. The molecule has 8 rings (SSSR count). The second kappa shape index (κ2) is 12.8. The van der Waals surface area contributed by atoms with Gasteiger partial charge in [-0.3, -0.25) is 32.7 Å². The Hall–Kier alpha value is -5.46. The summed E-state index contributed by atoms with van der Waals surface area (Å²) < 4.78 is 38.5. The zero-order chi connectivity index (χ0) is 39.2. The summed E-state index contributed by atoms with van der Waals surface area (Å²) in [4.78, 5) is 37.4. The van der Waals surface area contributed by atoms with Gasteiger partial charge in [-0.05, 0) is 42.6 Å². The van der Waals surface area contributed by atoms with Crippen LogP contribution in [0.4, 0.5) is 0 Å². The molecule has 0 amide bonds. The van der Waals surface area contributed by atoms with Gasteiger partial charge in [0, 0.05) is 19.6 Å². The van der Waals surface area contributed by atoms with Crippen molar-refractivity contribution in [1.29, 1.82) is 0 Å². The van der Waals surface area contributed by atoms with Crippen molar-refractivity contribution in [2.24, 2.45) is 28.6 Å². The Bertz CT molecular complexity index is 2130. The number of hydrogen-bond acceptors (Lipinski definition) is 10. The van der Waals surface area contributed by atoms with Crippen LogP contribution in [0.5, 0.6) is 0 Å². The van der Waals surface area contributed by atoms with Crippen molar-refractivity contribution in [3.05, 3.63) is 97.1 Å². The van der Waals surface area contributed by atoms with Crippen LogP contribution in [0.3, 0.4) is 0 Å². The Morgan fingerprint density at radius 2 is 1.58 bits per heavy atom. The van der Waals surface area contributed by atoms with E-state index in [1.807, 2.05) is 0 Å². The van der Waals surface area contributed by atoms with E-state index in [0.29, 0.717) is 55.8 Å². The van der Waals surface area contributed by atoms with Crippen molar-refractivity contribution in [2.45, 2.75) is 76.2 Å². The molecule has 4 aliphatic carbocycles. The number of cyclic esters (lactones) is 2. The lowest BCUT2D eigenvalue weighted by atomic mass is 9.43. The number of ether oxygens (including phenoxy) is 3. The van der Waals surface area contributed by atoms with Gasteiger partial charge in [-0.15, -0.1) is 14.3 Å². The van der Waals surface area contributed by atoms with E-state index in [1.165, 1.54) is 0 Å². The van der Waals surface area contributed by atoms with E-state index in [0.717, 1.165) is 0 Å². The standard InChI is InChI=1S/C41H37O14/c1-19-36(47)28(42)15-34(50-19)54-38-21(3)52-35(17-30(38)44)55-37-20(2)51-33(16-29(37)43)53-24-8-10-39(4)23(13-24)6-7-26-27(39)14-31(45)40(5)25(9-11-41(26,40)48)22-12-32(46)49-18-22/h23,26-27H,1-11,13-18H2/t23-,26-,27+,39+,40+,41+/m1/s1. The Morgan fingerprint density at radius 1 is 0.873 bits per heavy atom. The number of Topliss-reactive ketones (excluding diaryl/α,β-unsaturated/α-hetero) is 3. The third-order valence-corrected chi connectivity index (χ3v) is 12.5. The van der Waals surface area contributed by atoms with Gasteiger partial charge in [-0.2, -0.15) is 0 Å². The maximum absolute atomic E-state index is 14.9. The van der Waals surface area contributed by atoms with Crippen molar-refractivity contribution >= 4 is 41.0 Å². The number of esters is 2. The molecule has 4 heterocycles. The van der Waals surface area contributed by atoms with E-state index in [4.69, 9.17) is 31.9 Å². The molecular weight excluding hydrogens is 716 g/mol. The molecule has 4 saturated carbocycles. The fraction of sp³-hybridized carbons (Fsp3) is 0.439. The van der Waals surface area contributed by atoms with Gasteiger partial charge in [-0.1, -0.05) is 48.9 Å². The SMILES string of the molecule is C=C1OC(=[O+]C2=C([O-])CC(=[O+]C3=C([O-])CC([O+]=C4CC[C@@]5([CH2-])[C@H](CC[C@@H]6[C@@H]5CC(=O)[C@]5([CH2+])[C](C7=C=C([O-])OC7)CC[C@]65[O-])C4)=[O+]C3=C)OC2=C)CC(=O)C1=O. The topological polar surface area (TPSA) is 216 Å². The molecule has 0 aromatic carbocycles. The number of carbonyl (C=O) groups is 3. The van der Waals surface area contributed by atoms with Crippen LogP contribution in [0.15, 0.2) is 77.3 Å². The molecule has 0 spiro atoms. The highest BCUT2D eigenvalue weighted by atomic mass is 16.6. The summed E-state index contributed by atoms with van der Waals surface area (Å²) in [5, 5.41) is 52.8. The monoisotopic (exact) mass is 753 g/mol. The molecule has 0 aromatic rings. The second-order valence-corrected chi connectivity index (χ2v) is 15.3. The average Bonchev–Trinajstić information content (AvgIpc) is 3.67. The number of allylic oxidation sites excluding steroid dienone is 1. The zero-order valence-corrected chi connectivity index (χ0v) is 30.0. The van der Waals surface area contributed by atoms with E-state index in [2.05, 4.69) is 39.3 Å². The third-order valence-electron chi connectivity index (χ3n) is 12.5. The van der Waals surface area contributed by atoms with Crippen molar-refractivity contribution in [3.63, 3.8) is 0 Å². The Kier molecular flexibility index (Phi) is 8.50. The van der Waals surface area contributed by atoms with E-state index in [1.54, 1.807) is 0 Å². The first-order chi connectivity index (χ1) is 26.0. The lowest BCUT2D eigenvalue weighted by molar-refractivity contribution is -0.521.